The molecule has 1 aromatic heterocycles. The molecule has 0 unspecified atom stereocenters. The SMILES string of the molecule is CO[C@H]1/C=C/C[C@@]2(C)Oc3c(C)c(=O)c4c(O)c(c5oc6ccccc6nc5c4c3C2=O)NC(=O)/C(C)=C\C=C\[C@H](C)[C@@H]2OC(C)(C)O[C@@H]([C@@H](C)[C@H](O)[C@@H]1C)[C@@H]2C.Nc1ccccc1O.[O]=[Mn]=[O]. The number of allylic oxidation sites excluding steroid dienone is 2. The molecule has 17 heteroatoms. The van der Waals surface area contributed by atoms with Gasteiger partial charge in [-0.05, 0) is 58.9 Å². The van der Waals surface area contributed by atoms with Crippen molar-refractivity contribution in [2.45, 2.75) is 105 Å². The second-order valence-corrected chi connectivity index (χ2v) is 18.5. The number of phenolic OH excluding ortho intramolecular Hbond substituents is 2. The first-order chi connectivity index (χ1) is 32.1. The van der Waals surface area contributed by atoms with Crippen LogP contribution in [0, 0.1) is 30.6 Å². The van der Waals surface area contributed by atoms with E-state index in [0.717, 1.165) is 0 Å². The van der Waals surface area contributed by atoms with Crippen LogP contribution in [0.2, 0.25) is 0 Å². The fraction of sp³-hybridized carbons (Fsp3) is 0.412. The van der Waals surface area contributed by atoms with Crippen LogP contribution in [0.5, 0.6) is 17.2 Å². The summed E-state index contributed by atoms with van der Waals surface area (Å²) in [5.41, 5.74) is 4.90. The average Bonchev–Trinajstić information content (AvgIpc) is 3.57. The number of nitrogens with two attached hydrogens (primary N) is 1. The van der Waals surface area contributed by atoms with E-state index in [1.54, 1.807) is 94.6 Å². The van der Waals surface area contributed by atoms with E-state index in [1.807, 2.05) is 46.8 Å². The van der Waals surface area contributed by atoms with Gasteiger partial charge in [-0.15, -0.1) is 0 Å². The number of aliphatic hydroxyl groups excluding tert-OH is 1. The molecule has 5 heterocycles. The molecule has 1 amide bonds. The Morgan fingerprint density at radius 1 is 0.882 bits per heavy atom. The van der Waals surface area contributed by atoms with Gasteiger partial charge in [0.25, 0.3) is 5.91 Å². The van der Waals surface area contributed by atoms with Crippen molar-refractivity contribution in [3.63, 3.8) is 0 Å². The molecular weight excluding hydrogens is 918 g/mol. The Hall–Kier alpha value is -5.94. The number of benzene rings is 4. The van der Waals surface area contributed by atoms with Gasteiger partial charge in [0.2, 0.25) is 5.78 Å². The summed E-state index contributed by atoms with van der Waals surface area (Å²) < 4.78 is 48.4. The number of fused-ring (bicyclic) bond motifs is 10. The molecule has 1 saturated heterocycles. The van der Waals surface area contributed by atoms with Crippen LogP contribution >= 0.6 is 0 Å². The zero-order valence-electron chi connectivity index (χ0n) is 39.7. The Morgan fingerprint density at radius 3 is 2.18 bits per heavy atom. The molecule has 0 aliphatic carbocycles. The maximum absolute atomic E-state index is 14.6. The van der Waals surface area contributed by atoms with Crippen LogP contribution < -0.4 is 21.2 Å². The number of aromatic nitrogens is 1. The monoisotopic (exact) mass is 976 g/mol. The number of hydrogen-bond donors (Lipinski definition) is 5. The third-order valence-electron chi connectivity index (χ3n) is 13.0. The van der Waals surface area contributed by atoms with Crippen LogP contribution in [-0.4, -0.2) is 74.9 Å². The maximum atomic E-state index is 14.6. The summed E-state index contributed by atoms with van der Waals surface area (Å²) in [5.74, 6) is -3.15. The van der Waals surface area contributed by atoms with Crippen molar-refractivity contribution in [3.05, 3.63) is 106 Å². The number of carbonyl (C=O) groups is 2. The number of carbonyl (C=O) groups excluding carboxylic acids is 2. The van der Waals surface area contributed by atoms with Gasteiger partial charge in [-0.1, -0.05) is 82.3 Å². The van der Waals surface area contributed by atoms with E-state index in [1.165, 1.54) is 0 Å². The van der Waals surface area contributed by atoms with Crippen molar-refractivity contribution in [1.29, 1.82) is 0 Å². The fourth-order valence-corrected chi connectivity index (χ4v) is 9.24. The third kappa shape index (κ3) is 10.1. The Kier molecular flexibility index (Phi) is 15.7. The number of hydrogen-bond acceptors (Lipinski definition) is 15. The third-order valence-corrected chi connectivity index (χ3v) is 13.0. The van der Waals surface area contributed by atoms with Gasteiger partial charge in [0, 0.05) is 53.7 Å². The Morgan fingerprint density at radius 2 is 1.53 bits per heavy atom. The molecule has 9 atom stereocenters. The number of amides is 1. The molecular formula is C51H59MnN3O13. The Balaban J connectivity index is 0.000000614. The number of rotatable bonds is 1. The minimum atomic E-state index is -1.45. The molecule has 7 bridgehead atoms. The average molecular weight is 977 g/mol. The van der Waals surface area contributed by atoms with Crippen molar-refractivity contribution < 1.29 is 70.8 Å². The summed E-state index contributed by atoms with van der Waals surface area (Å²) in [6.07, 6.45) is 7.09. The van der Waals surface area contributed by atoms with Gasteiger partial charge in [-0.3, -0.25) is 14.4 Å². The molecule has 68 heavy (non-hydrogen) atoms. The number of ketones is 1. The van der Waals surface area contributed by atoms with E-state index in [9.17, 15) is 24.6 Å². The summed E-state index contributed by atoms with van der Waals surface area (Å²) >= 11 is -1.44. The van der Waals surface area contributed by atoms with E-state index in [-0.39, 0.29) is 92.5 Å². The number of aromatic hydroxyl groups is 2. The molecule has 4 aliphatic rings. The Labute approximate surface area is 399 Å². The van der Waals surface area contributed by atoms with Gasteiger partial charge in [0.05, 0.1) is 41.1 Å². The summed E-state index contributed by atoms with van der Waals surface area (Å²) in [6, 6.07) is 13.7. The van der Waals surface area contributed by atoms with E-state index in [2.05, 4.69) is 12.2 Å². The van der Waals surface area contributed by atoms with E-state index < -0.39 is 61.3 Å². The Bertz CT molecular complexity index is 2920. The molecule has 4 aliphatic heterocycles. The minimum absolute atomic E-state index is 0.0160. The van der Waals surface area contributed by atoms with Crippen LogP contribution in [0.4, 0.5) is 11.4 Å². The summed E-state index contributed by atoms with van der Waals surface area (Å²) in [7, 11) is 1.57. The molecule has 5 aromatic rings. The summed E-state index contributed by atoms with van der Waals surface area (Å²) in [6.45, 7) is 16.5. The first-order valence-electron chi connectivity index (χ1n) is 22.2. The second kappa shape index (κ2) is 20.7. The number of nitrogen functional groups attached to an aromatic ring is 1. The first-order valence-corrected chi connectivity index (χ1v) is 23.2. The van der Waals surface area contributed by atoms with Gasteiger partial charge >= 0.3 is 22.5 Å². The van der Waals surface area contributed by atoms with E-state index >= 15 is 0 Å². The summed E-state index contributed by atoms with van der Waals surface area (Å²) in [4.78, 5) is 47.6. The number of anilines is 2. The normalized spacial score (nSPS) is 28.8. The van der Waals surface area contributed by atoms with Gasteiger partial charge in [0.1, 0.15) is 28.2 Å². The number of ether oxygens (including phenoxy) is 4. The molecule has 4 aromatic carbocycles. The van der Waals surface area contributed by atoms with Crippen molar-refractivity contribution in [2.75, 3.05) is 18.2 Å². The number of methoxy groups -OCH3 is 1. The van der Waals surface area contributed by atoms with Gasteiger partial charge in [0.15, 0.2) is 33.7 Å². The fourth-order valence-electron chi connectivity index (χ4n) is 9.24. The van der Waals surface area contributed by atoms with Gasteiger partial charge < -0.3 is 49.7 Å². The quantitative estimate of drug-likeness (QED) is 0.0264. The zero-order valence-corrected chi connectivity index (χ0v) is 40.8. The van der Waals surface area contributed by atoms with Crippen LogP contribution in [-0.2, 0) is 41.5 Å². The van der Waals surface area contributed by atoms with Crippen molar-refractivity contribution >= 4 is 56.0 Å². The number of aliphatic hydroxyl groups is 1. The molecule has 363 valence electrons. The predicted molar refractivity (Wildman–Crippen MR) is 252 cm³/mol. The standard InChI is InChI=1S/C45H52N2O10.C6H7NO.Mn.2O/c1-21-15-13-16-22(2)43(52)47-34-37(50)31-30(33-41(34)54-29-18-12-11-17-27(29)46-33)32-40(25(5)36(31)49)57-45(9,42(32)51)20-14-19-28(53-10)23(3)35(48)24(4)39-26(6)38(21)55-44(7,8)56-39;7-5-3-1-2-4-6(5)8;;;/h11-19,21,23-24,26,28,35,38-39,48,50H,20H2,1-10H3,(H,47,52);1-4,8H,7H2;;;/b15-13+,19-14+,22-16-;;;;/t21-,23+,24-,26+,28-,35+,38-,39-,45+;;;;/m0..../s1. The number of phenols is 2. The second-order valence-electron chi connectivity index (χ2n) is 18.3. The van der Waals surface area contributed by atoms with Gasteiger partial charge in [-0.25, -0.2) is 4.98 Å². The number of Topliss-reactive ketones (excluding diaryl/α,β-unsaturated/α-hetero) is 1. The van der Waals surface area contributed by atoms with Crippen molar-refractivity contribution in [3.8, 4) is 17.2 Å². The zero-order chi connectivity index (χ0) is 50.0. The van der Waals surface area contributed by atoms with Crippen LogP contribution in [0.25, 0.3) is 33.0 Å². The molecule has 1 fully saturated rings. The van der Waals surface area contributed by atoms with Crippen LogP contribution in [0.1, 0.15) is 77.7 Å². The molecule has 9 rings (SSSR count). The van der Waals surface area contributed by atoms with Gasteiger partial charge in [-0.2, -0.15) is 0 Å². The van der Waals surface area contributed by atoms with Crippen LogP contribution in [0.15, 0.2) is 93.7 Å². The molecule has 6 N–H and O–H groups in total. The van der Waals surface area contributed by atoms with Crippen LogP contribution in [0.3, 0.4) is 0 Å². The molecule has 0 saturated carbocycles. The van der Waals surface area contributed by atoms with E-state index in [0.29, 0.717) is 22.4 Å². The number of nitrogens with zero attached hydrogens (tertiary/aromatic N) is 1. The van der Waals surface area contributed by atoms with Crippen molar-refractivity contribution in [2.24, 2.45) is 23.7 Å². The summed E-state index contributed by atoms with van der Waals surface area (Å²) in [5, 5.41) is 35.2. The first kappa shape index (κ1) is 51.5. The topological polar surface area (TPSA) is 247 Å². The predicted octanol–water partition coefficient (Wildman–Crippen LogP) is 8.42. The van der Waals surface area contributed by atoms with Crippen molar-refractivity contribution in [1.82, 2.24) is 4.98 Å². The molecule has 0 spiro atoms. The molecule has 16 nitrogen and oxygen atoms in total. The number of para-hydroxylation sites is 4. The van der Waals surface area contributed by atoms with E-state index in [4.69, 9.17) is 46.9 Å². The molecule has 0 radical (unpaired) electrons. The number of nitrogens with one attached hydrogen (secondary N) is 1.